The molecule has 0 radical (unpaired) electrons. The lowest BCUT2D eigenvalue weighted by atomic mass is 10.0. The number of benzene rings is 2. The standard InChI is InChI=1S/C18H15N3OS/c1-23-13-7-8-15-14(11-13)16(12-5-3-2-4-6-12)20-18(22)17-19-9-10-21(15)17/h2-11,18,22H,1H3. The van der Waals surface area contributed by atoms with Crippen molar-refractivity contribution in [3.05, 3.63) is 77.9 Å². The first-order valence-electron chi connectivity index (χ1n) is 7.31. The van der Waals surface area contributed by atoms with Crippen LogP contribution in [-0.4, -0.2) is 26.6 Å². The van der Waals surface area contributed by atoms with Crippen molar-refractivity contribution in [2.24, 2.45) is 4.99 Å². The number of aliphatic hydroxyl groups excluding tert-OH is 1. The van der Waals surface area contributed by atoms with Crippen molar-refractivity contribution >= 4 is 17.5 Å². The molecule has 0 fully saturated rings. The van der Waals surface area contributed by atoms with Gasteiger partial charge in [0.15, 0.2) is 5.82 Å². The smallest absolute Gasteiger partial charge is 0.205 e. The predicted molar refractivity (Wildman–Crippen MR) is 92.4 cm³/mol. The van der Waals surface area contributed by atoms with Gasteiger partial charge in [0, 0.05) is 28.4 Å². The molecule has 1 aromatic heterocycles. The Labute approximate surface area is 138 Å². The molecule has 4 rings (SSSR count). The zero-order valence-corrected chi connectivity index (χ0v) is 13.4. The molecule has 3 aromatic rings. The number of thioether (sulfide) groups is 1. The summed E-state index contributed by atoms with van der Waals surface area (Å²) in [6.07, 6.45) is 4.62. The van der Waals surface area contributed by atoms with E-state index in [4.69, 9.17) is 0 Å². The summed E-state index contributed by atoms with van der Waals surface area (Å²) in [4.78, 5) is 9.98. The van der Waals surface area contributed by atoms with Crippen LogP contribution in [0.25, 0.3) is 5.69 Å². The minimum atomic E-state index is -0.981. The minimum absolute atomic E-state index is 0.536. The molecular weight excluding hydrogens is 306 g/mol. The summed E-state index contributed by atoms with van der Waals surface area (Å²) in [6.45, 7) is 0. The molecule has 1 atom stereocenters. The van der Waals surface area contributed by atoms with E-state index in [9.17, 15) is 5.11 Å². The fourth-order valence-electron chi connectivity index (χ4n) is 2.83. The van der Waals surface area contributed by atoms with Gasteiger partial charge in [-0.2, -0.15) is 0 Å². The maximum atomic E-state index is 10.5. The molecule has 1 aliphatic rings. The number of hydrogen-bond donors (Lipinski definition) is 1. The van der Waals surface area contributed by atoms with Crippen molar-refractivity contribution < 1.29 is 5.11 Å². The van der Waals surface area contributed by atoms with Gasteiger partial charge in [0.1, 0.15) is 0 Å². The third-order valence-electron chi connectivity index (χ3n) is 3.92. The van der Waals surface area contributed by atoms with Crippen LogP contribution in [-0.2, 0) is 0 Å². The highest BCUT2D eigenvalue weighted by atomic mass is 32.2. The van der Waals surface area contributed by atoms with Crippen LogP contribution in [0.15, 0.2) is 70.8 Å². The van der Waals surface area contributed by atoms with Gasteiger partial charge in [0.05, 0.1) is 11.4 Å². The Morgan fingerprint density at radius 2 is 1.96 bits per heavy atom. The molecule has 0 saturated carbocycles. The van der Waals surface area contributed by atoms with Crippen LogP contribution < -0.4 is 0 Å². The third-order valence-corrected chi connectivity index (χ3v) is 4.64. The summed E-state index contributed by atoms with van der Waals surface area (Å²) < 4.78 is 1.91. The Hall–Kier alpha value is -2.37. The molecule has 4 nitrogen and oxygen atoms in total. The first-order valence-corrected chi connectivity index (χ1v) is 8.54. The van der Waals surface area contributed by atoms with Gasteiger partial charge in [-0.05, 0) is 24.5 Å². The van der Waals surface area contributed by atoms with E-state index in [1.54, 1.807) is 18.0 Å². The lowest BCUT2D eigenvalue weighted by molar-refractivity contribution is 0.177. The zero-order chi connectivity index (χ0) is 15.8. The highest BCUT2D eigenvalue weighted by Crippen LogP contribution is 2.31. The van der Waals surface area contributed by atoms with Gasteiger partial charge in [-0.1, -0.05) is 30.3 Å². The van der Waals surface area contributed by atoms with Gasteiger partial charge >= 0.3 is 0 Å². The molecule has 0 amide bonds. The van der Waals surface area contributed by atoms with Crippen molar-refractivity contribution in [2.75, 3.05) is 6.26 Å². The van der Waals surface area contributed by atoms with E-state index in [1.165, 1.54) is 0 Å². The molecule has 0 saturated heterocycles. The van der Waals surface area contributed by atoms with Crippen LogP contribution in [0.1, 0.15) is 23.2 Å². The molecule has 1 N–H and O–H groups in total. The van der Waals surface area contributed by atoms with Crippen LogP contribution in [0.3, 0.4) is 0 Å². The third kappa shape index (κ3) is 2.38. The lowest BCUT2D eigenvalue weighted by Crippen LogP contribution is -2.07. The topological polar surface area (TPSA) is 50.4 Å². The molecule has 23 heavy (non-hydrogen) atoms. The summed E-state index contributed by atoms with van der Waals surface area (Å²) in [5, 5.41) is 10.5. The molecule has 1 aliphatic heterocycles. The van der Waals surface area contributed by atoms with Gasteiger partial charge in [-0.25, -0.2) is 9.98 Å². The second kappa shape index (κ2) is 5.68. The number of aliphatic hydroxyl groups is 1. The summed E-state index contributed by atoms with van der Waals surface area (Å²) in [6, 6.07) is 16.2. The average Bonchev–Trinajstić information content (AvgIpc) is 3.05. The molecule has 5 heteroatoms. The lowest BCUT2D eigenvalue weighted by Gasteiger charge is -2.12. The number of hydrogen-bond acceptors (Lipinski definition) is 4. The van der Waals surface area contributed by atoms with Crippen molar-refractivity contribution in [3.63, 3.8) is 0 Å². The molecule has 1 unspecified atom stereocenters. The zero-order valence-electron chi connectivity index (χ0n) is 12.5. The first-order chi connectivity index (χ1) is 11.3. The maximum Gasteiger partial charge on any atom is 0.205 e. The summed E-state index contributed by atoms with van der Waals surface area (Å²) >= 11 is 1.69. The molecule has 0 aliphatic carbocycles. The number of nitrogens with zero attached hydrogens (tertiary/aromatic N) is 3. The van der Waals surface area contributed by atoms with E-state index in [-0.39, 0.29) is 0 Å². The Kier molecular flexibility index (Phi) is 3.52. The minimum Gasteiger partial charge on any atom is -0.365 e. The average molecular weight is 321 g/mol. The van der Waals surface area contributed by atoms with Crippen LogP contribution in [0.4, 0.5) is 0 Å². The largest absolute Gasteiger partial charge is 0.365 e. The second-order valence-corrected chi connectivity index (χ2v) is 6.14. The van der Waals surface area contributed by atoms with E-state index >= 15 is 0 Å². The number of rotatable bonds is 2. The van der Waals surface area contributed by atoms with Gasteiger partial charge in [0.2, 0.25) is 6.23 Å². The van der Waals surface area contributed by atoms with E-state index < -0.39 is 6.23 Å². The summed E-state index contributed by atoms with van der Waals surface area (Å²) in [5.41, 5.74) is 3.75. The summed E-state index contributed by atoms with van der Waals surface area (Å²) in [7, 11) is 0. The van der Waals surface area contributed by atoms with E-state index in [0.717, 1.165) is 27.4 Å². The normalized spacial score (nSPS) is 16.3. The van der Waals surface area contributed by atoms with E-state index in [2.05, 4.69) is 34.4 Å². The number of aliphatic imine (C=N–C) groups is 1. The van der Waals surface area contributed by atoms with Crippen molar-refractivity contribution in [2.45, 2.75) is 11.1 Å². The molecule has 0 bridgehead atoms. The Morgan fingerprint density at radius 1 is 1.13 bits per heavy atom. The predicted octanol–water partition coefficient (Wildman–Crippen LogP) is 3.44. The van der Waals surface area contributed by atoms with Gasteiger partial charge in [-0.15, -0.1) is 11.8 Å². The van der Waals surface area contributed by atoms with Gasteiger partial charge in [0.25, 0.3) is 0 Å². The number of fused-ring (bicyclic) bond motifs is 3. The SMILES string of the molecule is CSc1ccc2c(c1)C(c1ccccc1)=NC(O)c1nccn1-2. The Morgan fingerprint density at radius 3 is 2.74 bits per heavy atom. The van der Waals surface area contributed by atoms with E-state index in [1.807, 2.05) is 41.1 Å². The monoisotopic (exact) mass is 321 g/mol. The second-order valence-electron chi connectivity index (χ2n) is 5.26. The first kappa shape index (κ1) is 14.2. The molecule has 114 valence electrons. The van der Waals surface area contributed by atoms with Crippen molar-refractivity contribution in [3.8, 4) is 5.69 Å². The fraction of sp³-hybridized carbons (Fsp3) is 0.111. The molecule has 2 aromatic carbocycles. The molecular formula is C18H15N3OS. The molecule has 2 heterocycles. The Bertz CT molecular complexity index is 886. The van der Waals surface area contributed by atoms with Crippen LogP contribution in [0.5, 0.6) is 0 Å². The fourth-order valence-corrected chi connectivity index (χ4v) is 3.27. The number of imidazole rings is 1. The molecule has 0 spiro atoms. The van der Waals surface area contributed by atoms with Crippen LogP contribution in [0.2, 0.25) is 0 Å². The van der Waals surface area contributed by atoms with Gasteiger partial charge < -0.3 is 5.11 Å². The Balaban J connectivity index is 2.02. The summed E-state index contributed by atoms with van der Waals surface area (Å²) in [5.74, 6) is 0.536. The van der Waals surface area contributed by atoms with E-state index in [0.29, 0.717) is 5.82 Å². The highest BCUT2D eigenvalue weighted by Gasteiger charge is 2.24. The van der Waals surface area contributed by atoms with Gasteiger partial charge in [-0.3, -0.25) is 4.57 Å². The number of aromatic nitrogens is 2. The van der Waals surface area contributed by atoms with Crippen molar-refractivity contribution in [1.82, 2.24) is 9.55 Å². The maximum absolute atomic E-state index is 10.5. The highest BCUT2D eigenvalue weighted by molar-refractivity contribution is 7.98. The van der Waals surface area contributed by atoms with Crippen LogP contribution >= 0.6 is 11.8 Å². The van der Waals surface area contributed by atoms with Crippen molar-refractivity contribution in [1.29, 1.82) is 0 Å². The van der Waals surface area contributed by atoms with Crippen LogP contribution in [0, 0.1) is 0 Å². The quantitative estimate of drug-likeness (QED) is 0.736.